The summed E-state index contributed by atoms with van der Waals surface area (Å²) >= 11 is 0. The molecule has 1 saturated carbocycles. The van der Waals surface area contributed by atoms with Crippen molar-refractivity contribution in [3.63, 3.8) is 0 Å². The van der Waals surface area contributed by atoms with Crippen LogP contribution >= 0.6 is 0 Å². The molecule has 3 atom stereocenters. The maximum absolute atomic E-state index is 13.4. The standard InChI is InChI=1S/C24H31N3O/c1-23(2)11-19-12-24(3,15-23)16-27(19)22(28)20-14-26-13-18(9-10-21(26)25-20)17-7-5-4-6-8-17/h4-8,14,18-19H,9-13,15-16H2,1-3H3. The minimum atomic E-state index is 0.143. The van der Waals surface area contributed by atoms with Crippen molar-refractivity contribution in [1.29, 1.82) is 0 Å². The number of nitrogens with zero attached hydrogens (tertiary/aromatic N) is 3. The number of likely N-dealkylation sites (tertiary alicyclic amines) is 1. The summed E-state index contributed by atoms with van der Waals surface area (Å²) in [4.78, 5) is 20.3. The number of aromatic nitrogens is 2. The molecule has 2 bridgehead atoms. The highest BCUT2D eigenvalue weighted by molar-refractivity contribution is 5.92. The summed E-state index contributed by atoms with van der Waals surface area (Å²) < 4.78 is 2.22. The maximum Gasteiger partial charge on any atom is 0.274 e. The van der Waals surface area contributed by atoms with Crippen molar-refractivity contribution in [3.05, 3.63) is 53.6 Å². The third-order valence-corrected chi connectivity index (χ3v) is 7.16. The zero-order valence-electron chi connectivity index (χ0n) is 17.3. The molecule has 1 aromatic heterocycles. The third-order valence-electron chi connectivity index (χ3n) is 7.16. The van der Waals surface area contributed by atoms with Crippen LogP contribution in [0.2, 0.25) is 0 Å². The van der Waals surface area contributed by atoms with Crippen LogP contribution < -0.4 is 0 Å². The van der Waals surface area contributed by atoms with E-state index >= 15 is 0 Å². The fourth-order valence-corrected chi connectivity index (χ4v) is 6.39. The van der Waals surface area contributed by atoms with Gasteiger partial charge in [-0.15, -0.1) is 0 Å². The first-order chi connectivity index (χ1) is 13.3. The van der Waals surface area contributed by atoms with E-state index in [0.29, 0.717) is 23.1 Å². The number of amides is 1. The lowest BCUT2D eigenvalue weighted by molar-refractivity contribution is 0.0702. The van der Waals surface area contributed by atoms with Crippen molar-refractivity contribution >= 4 is 5.91 Å². The zero-order valence-corrected chi connectivity index (χ0v) is 17.3. The second kappa shape index (κ2) is 6.20. The number of hydrogen-bond acceptors (Lipinski definition) is 2. The van der Waals surface area contributed by atoms with Crippen LogP contribution in [0, 0.1) is 10.8 Å². The lowest BCUT2D eigenvalue weighted by Crippen LogP contribution is -2.37. The number of carbonyl (C=O) groups excluding carboxylic acids is 1. The quantitative estimate of drug-likeness (QED) is 0.764. The second-order valence-electron chi connectivity index (χ2n) is 10.5. The van der Waals surface area contributed by atoms with E-state index in [2.05, 4.69) is 60.6 Å². The average Bonchev–Trinajstić information content (AvgIpc) is 3.18. The molecule has 1 amide bonds. The fraction of sp³-hybridized carbons (Fsp3) is 0.583. The molecule has 1 saturated heterocycles. The van der Waals surface area contributed by atoms with E-state index < -0.39 is 0 Å². The first kappa shape index (κ1) is 18.0. The molecule has 2 aliphatic heterocycles. The van der Waals surface area contributed by atoms with Crippen molar-refractivity contribution in [2.24, 2.45) is 10.8 Å². The Bertz CT molecular complexity index is 900. The number of hydrogen-bond donors (Lipinski definition) is 0. The minimum absolute atomic E-state index is 0.143. The summed E-state index contributed by atoms with van der Waals surface area (Å²) in [5.41, 5.74) is 2.62. The molecule has 148 valence electrons. The molecule has 28 heavy (non-hydrogen) atoms. The Morgan fingerprint density at radius 3 is 2.71 bits per heavy atom. The molecule has 3 aliphatic rings. The molecule has 1 aliphatic carbocycles. The van der Waals surface area contributed by atoms with Gasteiger partial charge in [-0.2, -0.15) is 0 Å². The molecule has 4 nitrogen and oxygen atoms in total. The number of benzene rings is 1. The highest BCUT2D eigenvalue weighted by Crippen LogP contribution is 2.52. The molecule has 3 heterocycles. The number of carbonyl (C=O) groups is 1. The van der Waals surface area contributed by atoms with Crippen LogP contribution in [0.5, 0.6) is 0 Å². The van der Waals surface area contributed by atoms with Crippen molar-refractivity contribution in [3.8, 4) is 0 Å². The second-order valence-corrected chi connectivity index (χ2v) is 10.5. The number of rotatable bonds is 2. The molecular weight excluding hydrogens is 346 g/mol. The van der Waals surface area contributed by atoms with E-state index in [1.54, 1.807) is 0 Å². The Kier molecular flexibility index (Phi) is 3.98. The Balaban J connectivity index is 1.36. The van der Waals surface area contributed by atoms with Gasteiger partial charge < -0.3 is 9.47 Å². The van der Waals surface area contributed by atoms with Crippen molar-refractivity contribution in [2.75, 3.05) is 6.54 Å². The molecule has 0 spiro atoms. The summed E-state index contributed by atoms with van der Waals surface area (Å²) in [6, 6.07) is 11.1. The topological polar surface area (TPSA) is 38.1 Å². The predicted octanol–water partition coefficient (Wildman–Crippen LogP) is 4.65. The molecule has 2 fully saturated rings. The smallest absolute Gasteiger partial charge is 0.274 e. The SMILES string of the molecule is CC1(C)CC2CC(C)(CN2C(=O)c2cn3c(n2)CCC(c2ccccc2)C3)C1. The average molecular weight is 378 g/mol. The predicted molar refractivity (Wildman–Crippen MR) is 110 cm³/mol. The summed E-state index contributed by atoms with van der Waals surface area (Å²) in [5, 5.41) is 0. The molecule has 0 radical (unpaired) electrons. The third kappa shape index (κ3) is 3.07. The first-order valence-corrected chi connectivity index (χ1v) is 10.7. The Morgan fingerprint density at radius 1 is 1.14 bits per heavy atom. The van der Waals surface area contributed by atoms with Gasteiger partial charge in [0, 0.05) is 37.7 Å². The maximum atomic E-state index is 13.4. The van der Waals surface area contributed by atoms with E-state index in [9.17, 15) is 4.79 Å². The number of imidazole rings is 1. The van der Waals surface area contributed by atoms with Gasteiger partial charge in [0.05, 0.1) is 0 Å². The van der Waals surface area contributed by atoms with E-state index in [-0.39, 0.29) is 11.3 Å². The highest BCUT2D eigenvalue weighted by atomic mass is 16.2. The van der Waals surface area contributed by atoms with Crippen LogP contribution in [-0.4, -0.2) is 32.9 Å². The van der Waals surface area contributed by atoms with Gasteiger partial charge in [-0.25, -0.2) is 4.98 Å². The van der Waals surface area contributed by atoms with E-state index in [1.165, 1.54) is 12.0 Å². The Hall–Kier alpha value is -2.10. The van der Waals surface area contributed by atoms with E-state index in [1.807, 2.05) is 6.20 Å². The molecule has 1 aromatic carbocycles. The van der Waals surface area contributed by atoms with E-state index in [0.717, 1.165) is 44.6 Å². The minimum Gasteiger partial charge on any atom is -0.334 e. The van der Waals surface area contributed by atoms with Crippen molar-refractivity contribution < 1.29 is 4.79 Å². The van der Waals surface area contributed by atoms with Gasteiger partial charge in [-0.05, 0) is 42.1 Å². The zero-order chi connectivity index (χ0) is 19.5. The normalized spacial score (nSPS) is 30.9. The van der Waals surface area contributed by atoms with Gasteiger partial charge in [-0.1, -0.05) is 51.1 Å². The van der Waals surface area contributed by atoms with Crippen molar-refractivity contribution in [1.82, 2.24) is 14.5 Å². The van der Waals surface area contributed by atoms with Crippen LogP contribution in [0.4, 0.5) is 0 Å². The largest absolute Gasteiger partial charge is 0.334 e. The van der Waals surface area contributed by atoms with Crippen LogP contribution in [0.15, 0.2) is 36.5 Å². The Morgan fingerprint density at radius 2 is 1.93 bits per heavy atom. The van der Waals surface area contributed by atoms with Gasteiger partial charge in [0.15, 0.2) is 0 Å². The van der Waals surface area contributed by atoms with Crippen LogP contribution in [0.25, 0.3) is 0 Å². The van der Waals surface area contributed by atoms with Crippen LogP contribution in [0.1, 0.15) is 74.2 Å². The summed E-state index contributed by atoms with van der Waals surface area (Å²) in [7, 11) is 0. The highest BCUT2D eigenvalue weighted by Gasteiger charge is 2.51. The lowest BCUT2D eigenvalue weighted by Gasteiger charge is -2.39. The first-order valence-electron chi connectivity index (χ1n) is 10.7. The molecule has 5 rings (SSSR count). The fourth-order valence-electron chi connectivity index (χ4n) is 6.39. The molecule has 2 aromatic rings. The van der Waals surface area contributed by atoms with Gasteiger partial charge in [-0.3, -0.25) is 4.79 Å². The molecule has 3 unspecified atom stereocenters. The number of aryl methyl sites for hydroxylation is 1. The van der Waals surface area contributed by atoms with Gasteiger partial charge in [0.1, 0.15) is 11.5 Å². The van der Waals surface area contributed by atoms with Gasteiger partial charge >= 0.3 is 0 Å². The summed E-state index contributed by atoms with van der Waals surface area (Å²) in [5.74, 6) is 1.73. The van der Waals surface area contributed by atoms with Gasteiger partial charge in [0.25, 0.3) is 5.91 Å². The van der Waals surface area contributed by atoms with Crippen LogP contribution in [-0.2, 0) is 13.0 Å². The molecular formula is C24H31N3O. The van der Waals surface area contributed by atoms with Crippen molar-refractivity contribution in [2.45, 2.75) is 71.4 Å². The van der Waals surface area contributed by atoms with Crippen LogP contribution in [0.3, 0.4) is 0 Å². The molecule has 4 heteroatoms. The lowest BCUT2D eigenvalue weighted by atomic mass is 9.65. The monoisotopic (exact) mass is 377 g/mol. The van der Waals surface area contributed by atoms with E-state index in [4.69, 9.17) is 4.98 Å². The number of fused-ring (bicyclic) bond motifs is 3. The summed E-state index contributed by atoms with van der Waals surface area (Å²) in [6.07, 6.45) is 7.53. The summed E-state index contributed by atoms with van der Waals surface area (Å²) in [6.45, 7) is 8.87. The van der Waals surface area contributed by atoms with Gasteiger partial charge in [0.2, 0.25) is 0 Å². The molecule has 0 N–H and O–H groups in total. The Labute approximate surface area is 168 Å².